The van der Waals surface area contributed by atoms with Crippen molar-refractivity contribution in [2.75, 3.05) is 11.5 Å². The third-order valence-corrected chi connectivity index (χ3v) is 4.35. The lowest BCUT2D eigenvalue weighted by Gasteiger charge is -2.10. The zero-order chi connectivity index (χ0) is 18.7. The van der Waals surface area contributed by atoms with Gasteiger partial charge in [0.05, 0.1) is 10.8 Å². The van der Waals surface area contributed by atoms with E-state index in [1.54, 1.807) is 0 Å². The van der Waals surface area contributed by atoms with Gasteiger partial charge in [0.15, 0.2) is 0 Å². The lowest BCUT2D eigenvalue weighted by Crippen LogP contribution is -2.32. The van der Waals surface area contributed by atoms with Gasteiger partial charge in [0.1, 0.15) is 7.05 Å². The average molecular weight is 344 g/mol. The fraction of sp³-hybridized carbons (Fsp3) is 0.174. The largest absolute Gasteiger partial charge is 0.399 e. The molecule has 4 rings (SSSR count). The highest BCUT2D eigenvalue weighted by Gasteiger charge is 2.20. The van der Waals surface area contributed by atoms with Crippen LogP contribution in [0.15, 0.2) is 66.7 Å². The maximum absolute atomic E-state index is 6.06. The van der Waals surface area contributed by atoms with E-state index in [4.69, 9.17) is 11.5 Å². The molecular formula is C23H26N3+. The van der Waals surface area contributed by atoms with Crippen molar-refractivity contribution in [1.29, 1.82) is 0 Å². The van der Waals surface area contributed by atoms with Crippen molar-refractivity contribution in [1.82, 2.24) is 0 Å². The second-order valence-corrected chi connectivity index (χ2v) is 6.56. The van der Waals surface area contributed by atoms with E-state index in [9.17, 15) is 0 Å². The summed E-state index contributed by atoms with van der Waals surface area (Å²) in [6.45, 7) is 4.25. The molecule has 0 atom stereocenters. The topological polar surface area (TPSA) is 55.9 Å². The molecular weight excluding hydrogens is 318 g/mol. The second-order valence-electron chi connectivity index (χ2n) is 6.56. The molecule has 0 aliphatic heterocycles. The van der Waals surface area contributed by atoms with E-state index >= 15 is 0 Å². The average Bonchev–Trinajstić information content (AvgIpc) is 2.63. The van der Waals surface area contributed by atoms with Crippen LogP contribution in [-0.4, -0.2) is 0 Å². The van der Waals surface area contributed by atoms with Crippen LogP contribution in [0.4, 0.5) is 11.4 Å². The molecule has 0 amide bonds. The first-order chi connectivity index (χ1) is 12.6. The fourth-order valence-electron chi connectivity index (χ4n) is 3.29. The molecule has 0 saturated carbocycles. The third kappa shape index (κ3) is 3.21. The standard InChI is InChI=1S/C20H17N3.C3H8/c1-23-19-12-15(22)8-10-17(19)16-9-7-14(21)11-18(16)20(23)13-5-3-2-4-6-13;1-3-2/h2-12,22H,21H2,1H3;3H2,1-2H3/p+1. The van der Waals surface area contributed by atoms with Gasteiger partial charge in [-0.25, -0.2) is 0 Å². The Morgan fingerprint density at radius 2 is 1.31 bits per heavy atom. The zero-order valence-electron chi connectivity index (χ0n) is 15.7. The molecule has 3 nitrogen and oxygen atoms in total. The third-order valence-electron chi connectivity index (χ3n) is 4.35. The highest BCUT2D eigenvalue weighted by Crippen LogP contribution is 2.32. The summed E-state index contributed by atoms with van der Waals surface area (Å²) < 4.78 is 2.20. The van der Waals surface area contributed by atoms with Crippen LogP contribution in [0.2, 0.25) is 0 Å². The minimum absolute atomic E-state index is 0.766. The van der Waals surface area contributed by atoms with Gasteiger partial charge in [0, 0.05) is 28.4 Å². The molecule has 4 N–H and O–H groups in total. The molecule has 0 saturated heterocycles. The van der Waals surface area contributed by atoms with E-state index < -0.39 is 0 Å². The van der Waals surface area contributed by atoms with Crippen LogP contribution in [0, 0.1) is 0 Å². The first kappa shape index (κ1) is 17.7. The molecule has 0 unspecified atom stereocenters. The highest BCUT2D eigenvalue weighted by atomic mass is 14.9. The van der Waals surface area contributed by atoms with Gasteiger partial charge in [-0.1, -0.05) is 44.5 Å². The summed E-state index contributed by atoms with van der Waals surface area (Å²) in [5.41, 5.74) is 17.0. The number of benzene rings is 3. The van der Waals surface area contributed by atoms with Gasteiger partial charge in [-0.2, -0.15) is 4.57 Å². The number of fused-ring (bicyclic) bond motifs is 3. The normalized spacial score (nSPS) is 10.6. The maximum atomic E-state index is 6.06. The summed E-state index contributed by atoms with van der Waals surface area (Å²) in [6.07, 6.45) is 1.25. The Morgan fingerprint density at radius 1 is 0.731 bits per heavy atom. The molecule has 3 aromatic carbocycles. The number of nitrogens with two attached hydrogens (primary N) is 2. The monoisotopic (exact) mass is 344 g/mol. The predicted octanol–water partition coefficient (Wildman–Crippen LogP) is 5.07. The molecule has 1 aromatic heterocycles. The molecule has 0 aliphatic rings. The number of rotatable bonds is 1. The van der Waals surface area contributed by atoms with Crippen molar-refractivity contribution in [3.8, 4) is 11.3 Å². The van der Waals surface area contributed by atoms with Gasteiger partial charge < -0.3 is 11.5 Å². The van der Waals surface area contributed by atoms with Crippen LogP contribution in [0.5, 0.6) is 0 Å². The van der Waals surface area contributed by atoms with Crippen molar-refractivity contribution in [3.63, 3.8) is 0 Å². The minimum atomic E-state index is 0.766. The molecule has 1 heterocycles. The van der Waals surface area contributed by atoms with E-state index in [-0.39, 0.29) is 0 Å². The number of pyridine rings is 1. The van der Waals surface area contributed by atoms with E-state index in [1.165, 1.54) is 17.2 Å². The van der Waals surface area contributed by atoms with Crippen LogP contribution < -0.4 is 16.0 Å². The van der Waals surface area contributed by atoms with Crippen molar-refractivity contribution in [2.45, 2.75) is 20.3 Å². The van der Waals surface area contributed by atoms with Gasteiger partial charge in [-0.3, -0.25) is 0 Å². The lowest BCUT2D eigenvalue weighted by atomic mass is 9.98. The summed E-state index contributed by atoms with van der Waals surface area (Å²) in [6, 6.07) is 22.5. The molecule has 0 spiro atoms. The molecule has 26 heavy (non-hydrogen) atoms. The summed E-state index contributed by atoms with van der Waals surface area (Å²) in [5, 5.41) is 3.51. The molecule has 3 heteroatoms. The summed E-state index contributed by atoms with van der Waals surface area (Å²) >= 11 is 0. The Labute approximate surface area is 154 Å². The Bertz CT molecular complexity index is 1050. The van der Waals surface area contributed by atoms with Gasteiger partial charge in [-0.15, -0.1) is 0 Å². The minimum Gasteiger partial charge on any atom is -0.399 e. The molecule has 0 aliphatic carbocycles. The number of hydrogen-bond acceptors (Lipinski definition) is 2. The SMILES string of the molecule is CCC.C[n+]1c(-c2ccccc2)c2cc(N)ccc2c2ccc(N)cc21. The van der Waals surface area contributed by atoms with Crippen LogP contribution in [0.25, 0.3) is 32.9 Å². The maximum Gasteiger partial charge on any atom is 0.220 e. The number of anilines is 2. The number of hydrogen-bond donors (Lipinski definition) is 2. The Balaban J connectivity index is 0.000000613. The first-order valence-corrected chi connectivity index (χ1v) is 9.02. The van der Waals surface area contributed by atoms with E-state index in [2.05, 4.69) is 61.9 Å². The van der Waals surface area contributed by atoms with Crippen molar-refractivity contribution >= 4 is 33.1 Å². The van der Waals surface area contributed by atoms with Crippen LogP contribution in [0.1, 0.15) is 20.3 Å². The lowest BCUT2D eigenvalue weighted by molar-refractivity contribution is -0.632. The summed E-state index contributed by atoms with van der Waals surface area (Å²) in [7, 11) is 2.08. The van der Waals surface area contributed by atoms with Crippen LogP contribution in [0.3, 0.4) is 0 Å². The van der Waals surface area contributed by atoms with Crippen molar-refractivity contribution in [2.24, 2.45) is 7.05 Å². The molecule has 0 bridgehead atoms. The van der Waals surface area contributed by atoms with Crippen molar-refractivity contribution in [3.05, 3.63) is 66.7 Å². The smallest absolute Gasteiger partial charge is 0.220 e. The van der Waals surface area contributed by atoms with Gasteiger partial charge >= 0.3 is 0 Å². The molecule has 0 radical (unpaired) electrons. The second kappa shape index (κ2) is 7.44. The summed E-state index contributed by atoms with van der Waals surface area (Å²) in [4.78, 5) is 0. The Kier molecular flexibility index (Phi) is 5.08. The van der Waals surface area contributed by atoms with Gasteiger partial charge in [-0.05, 0) is 36.4 Å². The highest BCUT2D eigenvalue weighted by molar-refractivity contribution is 6.10. The number of nitrogens with zero attached hydrogens (tertiary/aromatic N) is 1. The molecule has 0 fully saturated rings. The fourth-order valence-corrected chi connectivity index (χ4v) is 3.29. The quantitative estimate of drug-likeness (QED) is 0.288. The van der Waals surface area contributed by atoms with Crippen LogP contribution in [-0.2, 0) is 7.05 Å². The Hall–Kier alpha value is -3.07. The van der Waals surface area contributed by atoms with E-state index in [0.717, 1.165) is 33.5 Å². The molecule has 132 valence electrons. The van der Waals surface area contributed by atoms with Gasteiger partial charge in [0.2, 0.25) is 11.2 Å². The predicted molar refractivity (Wildman–Crippen MR) is 113 cm³/mol. The zero-order valence-corrected chi connectivity index (χ0v) is 15.7. The molecule has 4 aromatic rings. The number of aromatic nitrogens is 1. The van der Waals surface area contributed by atoms with Gasteiger partial charge in [0.25, 0.3) is 0 Å². The van der Waals surface area contributed by atoms with Crippen molar-refractivity contribution < 1.29 is 4.57 Å². The van der Waals surface area contributed by atoms with E-state index in [1.807, 2.05) is 30.3 Å². The first-order valence-electron chi connectivity index (χ1n) is 9.02. The van der Waals surface area contributed by atoms with E-state index in [0.29, 0.717) is 0 Å². The Morgan fingerprint density at radius 3 is 1.96 bits per heavy atom. The summed E-state index contributed by atoms with van der Waals surface area (Å²) in [5.74, 6) is 0. The number of nitrogen functional groups attached to an aromatic ring is 2. The van der Waals surface area contributed by atoms with Crippen LogP contribution >= 0.6 is 0 Å². The number of aryl methyl sites for hydroxylation is 1.